The summed E-state index contributed by atoms with van der Waals surface area (Å²) in [6.07, 6.45) is 5.12. The number of hydrogen-bond acceptors (Lipinski definition) is 4. The maximum atomic E-state index is 12.3. The van der Waals surface area contributed by atoms with E-state index < -0.39 is 0 Å². The summed E-state index contributed by atoms with van der Waals surface area (Å²) in [6, 6.07) is 0.232. The molecule has 1 fully saturated rings. The van der Waals surface area contributed by atoms with Gasteiger partial charge in [0.1, 0.15) is 5.01 Å². The Balaban J connectivity index is 1.86. The second-order valence-electron chi connectivity index (χ2n) is 5.23. The van der Waals surface area contributed by atoms with Crippen LogP contribution in [0.1, 0.15) is 44.2 Å². The number of urea groups is 1. The SMILES string of the molecule is CC(C)SCCNC(=O)N1CCCCC1c1nccs1. The second-order valence-corrected chi connectivity index (χ2v) is 7.84. The van der Waals surface area contributed by atoms with Gasteiger partial charge in [-0.3, -0.25) is 0 Å². The van der Waals surface area contributed by atoms with Gasteiger partial charge in [0.25, 0.3) is 0 Å². The molecule has 1 unspecified atom stereocenters. The van der Waals surface area contributed by atoms with Crippen LogP contribution >= 0.6 is 23.1 Å². The Morgan fingerprint density at radius 2 is 2.45 bits per heavy atom. The molecule has 4 nitrogen and oxygen atoms in total. The lowest BCUT2D eigenvalue weighted by atomic mass is 10.0. The van der Waals surface area contributed by atoms with Crippen molar-refractivity contribution >= 4 is 29.1 Å². The van der Waals surface area contributed by atoms with Gasteiger partial charge in [0.05, 0.1) is 6.04 Å². The predicted octanol–water partition coefficient (Wildman–Crippen LogP) is 3.52. The highest BCUT2D eigenvalue weighted by atomic mass is 32.2. The molecule has 112 valence electrons. The molecule has 1 saturated heterocycles. The van der Waals surface area contributed by atoms with E-state index in [1.165, 1.54) is 6.42 Å². The van der Waals surface area contributed by atoms with Crippen molar-refractivity contribution in [3.05, 3.63) is 16.6 Å². The van der Waals surface area contributed by atoms with Gasteiger partial charge in [-0.25, -0.2) is 9.78 Å². The van der Waals surface area contributed by atoms with E-state index >= 15 is 0 Å². The minimum absolute atomic E-state index is 0.0641. The Bertz CT molecular complexity index is 409. The minimum atomic E-state index is 0.0641. The monoisotopic (exact) mass is 313 g/mol. The highest BCUT2D eigenvalue weighted by Crippen LogP contribution is 2.31. The van der Waals surface area contributed by atoms with Crippen LogP contribution in [-0.4, -0.2) is 40.0 Å². The van der Waals surface area contributed by atoms with Gasteiger partial charge in [-0.2, -0.15) is 11.8 Å². The van der Waals surface area contributed by atoms with E-state index in [0.29, 0.717) is 5.25 Å². The van der Waals surface area contributed by atoms with Gasteiger partial charge in [-0.15, -0.1) is 11.3 Å². The fraction of sp³-hybridized carbons (Fsp3) is 0.714. The quantitative estimate of drug-likeness (QED) is 0.846. The van der Waals surface area contributed by atoms with Crippen LogP contribution in [0.3, 0.4) is 0 Å². The third kappa shape index (κ3) is 4.38. The highest BCUT2D eigenvalue weighted by Gasteiger charge is 2.29. The molecule has 1 aromatic rings. The number of amides is 2. The zero-order chi connectivity index (χ0) is 14.4. The second kappa shape index (κ2) is 7.88. The standard InChI is InChI=1S/C14H23N3OS2/c1-11(2)19-9-7-16-14(18)17-8-4-3-5-12(17)13-15-6-10-20-13/h6,10-12H,3-5,7-9H2,1-2H3,(H,16,18). The molecule has 1 aliphatic heterocycles. The number of piperidine rings is 1. The number of rotatable bonds is 5. The summed E-state index contributed by atoms with van der Waals surface area (Å²) in [5.41, 5.74) is 0. The Hall–Kier alpha value is -0.750. The summed E-state index contributed by atoms with van der Waals surface area (Å²) in [5, 5.41) is 6.71. The molecular formula is C14H23N3OS2. The summed E-state index contributed by atoms with van der Waals surface area (Å²) in [6.45, 7) is 5.93. The summed E-state index contributed by atoms with van der Waals surface area (Å²) in [5.74, 6) is 0.971. The molecule has 2 rings (SSSR count). The van der Waals surface area contributed by atoms with Crippen molar-refractivity contribution < 1.29 is 4.79 Å². The number of carbonyl (C=O) groups is 1. The van der Waals surface area contributed by atoms with Crippen LogP contribution in [0.2, 0.25) is 0 Å². The van der Waals surface area contributed by atoms with E-state index in [0.717, 1.165) is 36.7 Å². The fourth-order valence-electron chi connectivity index (χ4n) is 2.38. The molecule has 1 aliphatic rings. The van der Waals surface area contributed by atoms with E-state index in [1.807, 2.05) is 28.2 Å². The maximum Gasteiger partial charge on any atom is 0.318 e. The number of aromatic nitrogens is 1. The minimum Gasteiger partial charge on any atom is -0.337 e. The number of thiazole rings is 1. The molecule has 0 saturated carbocycles. The number of likely N-dealkylation sites (tertiary alicyclic amines) is 1. The molecular weight excluding hydrogens is 290 g/mol. The van der Waals surface area contributed by atoms with Crippen LogP contribution in [0.5, 0.6) is 0 Å². The van der Waals surface area contributed by atoms with E-state index in [9.17, 15) is 4.79 Å². The highest BCUT2D eigenvalue weighted by molar-refractivity contribution is 7.99. The molecule has 1 N–H and O–H groups in total. The van der Waals surface area contributed by atoms with Crippen molar-refractivity contribution in [3.8, 4) is 0 Å². The molecule has 2 amide bonds. The molecule has 0 radical (unpaired) electrons. The number of nitrogens with one attached hydrogen (secondary N) is 1. The summed E-state index contributed by atoms with van der Waals surface area (Å²) in [7, 11) is 0. The third-order valence-corrected chi connectivity index (χ3v) is 5.31. The van der Waals surface area contributed by atoms with E-state index in [1.54, 1.807) is 11.3 Å². The van der Waals surface area contributed by atoms with Gasteiger partial charge in [0.2, 0.25) is 0 Å². The molecule has 20 heavy (non-hydrogen) atoms. The summed E-state index contributed by atoms with van der Waals surface area (Å²) in [4.78, 5) is 18.7. The van der Waals surface area contributed by atoms with Crippen LogP contribution in [0.4, 0.5) is 4.79 Å². The maximum absolute atomic E-state index is 12.3. The van der Waals surface area contributed by atoms with E-state index in [-0.39, 0.29) is 12.1 Å². The molecule has 6 heteroatoms. The third-order valence-electron chi connectivity index (χ3n) is 3.33. The van der Waals surface area contributed by atoms with Gasteiger partial charge >= 0.3 is 6.03 Å². The van der Waals surface area contributed by atoms with Crippen molar-refractivity contribution in [1.82, 2.24) is 15.2 Å². The van der Waals surface area contributed by atoms with Crippen LogP contribution in [0, 0.1) is 0 Å². The lowest BCUT2D eigenvalue weighted by Gasteiger charge is -2.34. The van der Waals surface area contributed by atoms with Crippen molar-refractivity contribution in [1.29, 1.82) is 0 Å². The Morgan fingerprint density at radius 3 is 3.15 bits per heavy atom. The number of thioether (sulfide) groups is 1. The van der Waals surface area contributed by atoms with Crippen LogP contribution < -0.4 is 5.32 Å². The van der Waals surface area contributed by atoms with Crippen molar-refractivity contribution in [3.63, 3.8) is 0 Å². The van der Waals surface area contributed by atoms with Gasteiger partial charge < -0.3 is 10.2 Å². The molecule has 2 heterocycles. The van der Waals surface area contributed by atoms with E-state index in [4.69, 9.17) is 0 Å². The van der Waals surface area contributed by atoms with Crippen LogP contribution in [0.15, 0.2) is 11.6 Å². The van der Waals surface area contributed by atoms with Gasteiger partial charge in [-0.1, -0.05) is 13.8 Å². The Kier molecular flexibility index (Phi) is 6.16. The first-order valence-electron chi connectivity index (χ1n) is 7.24. The zero-order valence-electron chi connectivity index (χ0n) is 12.2. The van der Waals surface area contributed by atoms with Crippen molar-refractivity contribution in [2.75, 3.05) is 18.8 Å². The van der Waals surface area contributed by atoms with Gasteiger partial charge in [0, 0.05) is 30.4 Å². The predicted molar refractivity (Wildman–Crippen MR) is 86.4 cm³/mol. The molecule has 0 aliphatic carbocycles. The van der Waals surface area contributed by atoms with Crippen LogP contribution in [0.25, 0.3) is 0 Å². The van der Waals surface area contributed by atoms with Crippen molar-refractivity contribution in [2.45, 2.75) is 44.4 Å². The number of carbonyl (C=O) groups excluding carboxylic acids is 1. The average molecular weight is 313 g/mol. The fourth-order valence-corrected chi connectivity index (χ4v) is 3.86. The number of hydrogen-bond donors (Lipinski definition) is 1. The normalized spacial score (nSPS) is 19.4. The lowest BCUT2D eigenvalue weighted by molar-refractivity contribution is 0.152. The molecule has 0 bridgehead atoms. The number of nitrogens with zero attached hydrogens (tertiary/aromatic N) is 2. The first kappa shape index (κ1) is 15.6. The molecule has 0 spiro atoms. The molecule has 1 atom stereocenters. The first-order chi connectivity index (χ1) is 9.68. The summed E-state index contributed by atoms with van der Waals surface area (Å²) >= 11 is 3.52. The topological polar surface area (TPSA) is 45.2 Å². The lowest BCUT2D eigenvalue weighted by Crippen LogP contribution is -2.45. The van der Waals surface area contributed by atoms with Gasteiger partial charge in [0.15, 0.2) is 0 Å². The van der Waals surface area contributed by atoms with Gasteiger partial charge in [-0.05, 0) is 24.5 Å². The zero-order valence-corrected chi connectivity index (χ0v) is 13.8. The molecule has 1 aromatic heterocycles. The summed E-state index contributed by atoms with van der Waals surface area (Å²) < 4.78 is 0. The Labute approximate surface area is 129 Å². The largest absolute Gasteiger partial charge is 0.337 e. The smallest absolute Gasteiger partial charge is 0.318 e. The Morgan fingerprint density at radius 1 is 1.60 bits per heavy atom. The van der Waals surface area contributed by atoms with Crippen LogP contribution in [-0.2, 0) is 0 Å². The van der Waals surface area contributed by atoms with Crippen molar-refractivity contribution in [2.24, 2.45) is 0 Å². The first-order valence-corrected chi connectivity index (χ1v) is 9.17. The molecule has 0 aromatic carbocycles. The average Bonchev–Trinajstić information content (AvgIpc) is 2.97. The van der Waals surface area contributed by atoms with E-state index in [2.05, 4.69) is 24.1 Å².